The number of nitrogens with one attached hydrogen (secondary N) is 1. The monoisotopic (exact) mass is 259 g/mol. The molecule has 1 N–H and O–H groups in total. The number of aryl methyl sites for hydroxylation is 1. The van der Waals surface area contributed by atoms with Gasteiger partial charge in [-0.15, -0.1) is 11.6 Å². The smallest absolute Gasteiger partial charge is 0.251 e. The molecule has 1 atom stereocenters. The molecular weight excluding hydrogens is 245 g/mol. The number of rotatable bonds is 4. The fraction of sp³-hybridized carbons (Fsp3) is 0.417. The summed E-state index contributed by atoms with van der Waals surface area (Å²) in [7, 11) is 0. The third kappa shape index (κ3) is 4.03. The average molecular weight is 260 g/mol. The van der Waals surface area contributed by atoms with Crippen LogP contribution in [0.5, 0.6) is 0 Å². The number of benzene rings is 1. The zero-order chi connectivity index (χ0) is 12.1. The first-order valence-electron chi connectivity index (χ1n) is 5.14. The van der Waals surface area contributed by atoms with Crippen molar-refractivity contribution in [2.24, 2.45) is 5.92 Å². The van der Waals surface area contributed by atoms with Gasteiger partial charge in [-0.1, -0.05) is 18.5 Å². The van der Waals surface area contributed by atoms with Gasteiger partial charge in [0, 0.05) is 23.0 Å². The van der Waals surface area contributed by atoms with Gasteiger partial charge in [-0.3, -0.25) is 4.79 Å². The summed E-state index contributed by atoms with van der Waals surface area (Å²) in [6.07, 6.45) is 0. The summed E-state index contributed by atoms with van der Waals surface area (Å²) in [4.78, 5) is 11.8. The molecule has 4 heteroatoms. The molecule has 1 aromatic rings. The first-order chi connectivity index (χ1) is 7.52. The molecule has 0 aliphatic carbocycles. The van der Waals surface area contributed by atoms with Crippen molar-refractivity contribution in [1.29, 1.82) is 0 Å². The van der Waals surface area contributed by atoms with Gasteiger partial charge in [0.2, 0.25) is 0 Å². The highest BCUT2D eigenvalue weighted by atomic mass is 35.5. The van der Waals surface area contributed by atoms with Crippen molar-refractivity contribution < 1.29 is 4.79 Å². The predicted molar refractivity (Wildman–Crippen MR) is 68.4 cm³/mol. The molecule has 0 aromatic heterocycles. The predicted octanol–water partition coefficient (Wildman–Crippen LogP) is 3.25. The maximum atomic E-state index is 11.8. The van der Waals surface area contributed by atoms with Crippen molar-refractivity contribution in [2.45, 2.75) is 13.8 Å². The minimum atomic E-state index is -0.109. The van der Waals surface area contributed by atoms with Crippen LogP contribution in [0.3, 0.4) is 0 Å². The van der Waals surface area contributed by atoms with Gasteiger partial charge in [0.25, 0.3) is 5.91 Å². The summed E-state index contributed by atoms with van der Waals surface area (Å²) >= 11 is 11.5. The Kier molecular flexibility index (Phi) is 5.10. The van der Waals surface area contributed by atoms with E-state index in [2.05, 4.69) is 5.32 Å². The first kappa shape index (κ1) is 13.3. The second-order valence-electron chi connectivity index (χ2n) is 3.99. The van der Waals surface area contributed by atoms with Crippen molar-refractivity contribution in [2.75, 3.05) is 12.4 Å². The van der Waals surface area contributed by atoms with Gasteiger partial charge in [0.15, 0.2) is 0 Å². The number of amides is 1. The van der Waals surface area contributed by atoms with Crippen LogP contribution in [0.1, 0.15) is 22.8 Å². The normalized spacial score (nSPS) is 12.2. The molecule has 0 fully saturated rings. The van der Waals surface area contributed by atoms with E-state index in [0.29, 0.717) is 23.0 Å². The Morgan fingerprint density at radius 2 is 2.12 bits per heavy atom. The van der Waals surface area contributed by atoms with E-state index in [1.807, 2.05) is 26.0 Å². The van der Waals surface area contributed by atoms with Crippen molar-refractivity contribution in [3.05, 3.63) is 34.3 Å². The SMILES string of the molecule is Cc1cc(Cl)cc(C(=O)NCC(C)CCl)c1. The Bertz CT molecular complexity index is 359. The summed E-state index contributed by atoms with van der Waals surface area (Å²) in [6, 6.07) is 5.29. The van der Waals surface area contributed by atoms with Crippen LogP contribution in [0.25, 0.3) is 0 Å². The molecule has 1 rings (SSSR count). The lowest BCUT2D eigenvalue weighted by Gasteiger charge is -2.10. The van der Waals surface area contributed by atoms with Crippen molar-refractivity contribution in [1.82, 2.24) is 5.32 Å². The third-order valence-electron chi connectivity index (χ3n) is 2.18. The van der Waals surface area contributed by atoms with Crippen LogP contribution in [-0.2, 0) is 0 Å². The van der Waals surface area contributed by atoms with Crippen molar-refractivity contribution >= 4 is 29.1 Å². The van der Waals surface area contributed by atoms with Crippen LogP contribution < -0.4 is 5.32 Å². The molecule has 1 aromatic carbocycles. The van der Waals surface area contributed by atoms with E-state index in [1.54, 1.807) is 6.07 Å². The molecular formula is C12H15Cl2NO. The summed E-state index contributed by atoms with van der Waals surface area (Å²) in [5, 5.41) is 3.40. The molecule has 88 valence electrons. The summed E-state index contributed by atoms with van der Waals surface area (Å²) in [5.74, 6) is 0.697. The maximum Gasteiger partial charge on any atom is 0.251 e. The Balaban J connectivity index is 2.66. The fourth-order valence-electron chi connectivity index (χ4n) is 1.29. The Morgan fingerprint density at radius 1 is 1.44 bits per heavy atom. The maximum absolute atomic E-state index is 11.8. The molecule has 1 unspecified atom stereocenters. The Hall–Kier alpha value is -0.730. The number of carbonyl (C=O) groups is 1. The Labute approximate surface area is 106 Å². The molecule has 0 bridgehead atoms. The first-order valence-corrected chi connectivity index (χ1v) is 6.05. The van der Waals surface area contributed by atoms with Gasteiger partial charge in [0.05, 0.1) is 0 Å². The topological polar surface area (TPSA) is 29.1 Å². The fourth-order valence-corrected chi connectivity index (χ4v) is 1.69. The lowest BCUT2D eigenvalue weighted by atomic mass is 10.1. The number of halogens is 2. The largest absolute Gasteiger partial charge is 0.352 e. The molecule has 0 spiro atoms. The molecule has 16 heavy (non-hydrogen) atoms. The minimum Gasteiger partial charge on any atom is -0.352 e. The highest BCUT2D eigenvalue weighted by Gasteiger charge is 2.08. The second-order valence-corrected chi connectivity index (χ2v) is 4.73. The zero-order valence-electron chi connectivity index (χ0n) is 9.39. The molecule has 0 radical (unpaired) electrons. The van der Waals surface area contributed by atoms with E-state index in [4.69, 9.17) is 23.2 Å². The van der Waals surface area contributed by atoms with Crippen LogP contribution in [0.2, 0.25) is 5.02 Å². The van der Waals surface area contributed by atoms with Crippen LogP contribution in [-0.4, -0.2) is 18.3 Å². The van der Waals surface area contributed by atoms with Gasteiger partial charge in [-0.25, -0.2) is 0 Å². The standard InChI is InChI=1S/C12H15Cl2NO/c1-8-3-10(5-11(14)4-8)12(16)15-7-9(2)6-13/h3-5,9H,6-7H2,1-2H3,(H,15,16). The molecule has 1 amide bonds. The third-order valence-corrected chi connectivity index (χ3v) is 2.92. The minimum absolute atomic E-state index is 0.109. The van der Waals surface area contributed by atoms with E-state index in [1.165, 1.54) is 0 Å². The van der Waals surface area contributed by atoms with E-state index in [9.17, 15) is 4.79 Å². The molecule has 0 saturated carbocycles. The van der Waals surface area contributed by atoms with E-state index in [0.717, 1.165) is 5.56 Å². The number of carbonyl (C=O) groups excluding carboxylic acids is 1. The molecule has 0 heterocycles. The number of hydrogen-bond acceptors (Lipinski definition) is 1. The summed E-state index contributed by atoms with van der Waals surface area (Å²) < 4.78 is 0. The van der Waals surface area contributed by atoms with Crippen LogP contribution in [0, 0.1) is 12.8 Å². The van der Waals surface area contributed by atoms with E-state index >= 15 is 0 Å². The van der Waals surface area contributed by atoms with Crippen LogP contribution in [0.4, 0.5) is 0 Å². The Morgan fingerprint density at radius 3 is 2.69 bits per heavy atom. The van der Waals surface area contributed by atoms with Gasteiger partial charge in [-0.2, -0.15) is 0 Å². The number of hydrogen-bond donors (Lipinski definition) is 1. The lowest BCUT2D eigenvalue weighted by molar-refractivity contribution is 0.0949. The zero-order valence-corrected chi connectivity index (χ0v) is 10.9. The molecule has 0 aliphatic rings. The van der Waals surface area contributed by atoms with Crippen LogP contribution >= 0.6 is 23.2 Å². The van der Waals surface area contributed by atoms with E-state index in [-0.39, 0.29) is 11.8 Å². The highest BCUT2D eigenvalue weighted by molar-refractivity contribution is 6.31. The van der Waals surface area contributed by atoms with Gasteiger partial charge in [0.1, 0.15) is 0 Å². The summed E-state index contributed by atoms with van der Waals surface area (Å²) in [5.41, 5.74) is 1.56. The quantitative estimate of drug-likeness (QED) is 0.827. The van der Waals surface area contributed by atoms with Gasteiger partial charge >= 0.3 is 0 Å². The van der Waals surface area contributed by atoms with Crippen molar-refractivity contribution in [3.63, 3.8) is 0 Å². The lowest BCUT2D eigenvalue weighted by Crippen LogP contribution is -2.28. The van der Waals surface area contributed by atoms with Crippen molar-refractivity contribution in [3.8, 4) is 0 Å². The van der Waals surface area contributed by atoms with E-state index < -0.39 is 0 Å². The van der Waals surface area contributed by atoms with Gasteiger partial charge < -0.3 is 5.32 Å². The van der Waals surface area contributed by atoms with Gasteiger partial charge in [-0.05, 0) is 36.6 Å². The average Bonchev–Trinajstić information content (AvgIpc) is 2.23. The second kappa shape index (κ2) is 6.12. The highest BCUT2D eigenvalue weighted by Crippen LogP contribution is 2.14. The molecule has 0 aliphatic heterocycles. The number of alkyl halides is 1. The van der Waals surface area contributed by atoms with Crippen LogP contribution in [0.15, 0.2) is 18.2 Å². The summed E-state index contributed by atoms with van der Waals surface area (Å²) in [6.45, 7) is 4.47. The molecule has 0 saturated heterocycles. The molecule has 2 nitrogen and oxygen atoms in total.